The lowest BCUT2D eigenvalue weighted by atomic mass is 10.2. The maximum Gasteiger partial charge on any atom is 0.417 e. The van der Waals surface area contributed by atoms with Crippen molar-refractivity contribution in [3.8, 4) is 5.88 Å². The predicted octanol–water partition coefficient (Wildman–Crippen LogP) is 4.86. The molecule has 1 aromatic heterocycles. The van der Waals surface area contributed by atoms with Crippen LogP contribution in [0.2, 0.25) is 5.02 Å². The third-order valence-corrected chi connectivity index (χ3v) is 3.84. The van der Waals surface area contributed by atoms with Gasteiger partial charge in [0.15, 0.2) is 6.23 Å². The molecule has 0 bridgehead atoms. The van der Waals surface area contributed by atoms with E-state index in [-0.39, 0.29) is 5.69 Å². The van der Waals surface area contributed by atoms with Gasteiger partial charge in [0.05, 0.1) is 22.8 Å². The lowest BCUT2D eigenvalue weighted by Crippen LogP contribution is -2.12. The van der Waals surface area contributed by atoms with E-state index < -0.39 is 23.0 Å². The van der Waals surface area contributed by atoms with Crippen LogP contribution in [0.3, 0.4) is 0 Å². The molecule has 9 heteroatoms. The summed E-state index contributed by atoms with van der Waals surface area (Å²) < 4.78 is 45.5. The molecule has 1 atom stereocenters. The molecule has 144 valence electrons. The predicted molar refractivity (Wildman–Crippen MR) is 93.3 cm³/mol. The van der Waals surface area contributed by atoms with Gasteiger partial charge in [0.1, 0.15) is 0 Å². The minimum Gasteiger partial charge on any atom is -0.476 e. The molecule has 26 heavy (non-hydrogen) atoms. The van der Waals surface area contributed by atoms with Gasteiger partial charge in [-0.3, -0.25) is 4.68 Å². The number of hydrogen-bond acceptors (Lipinski definition) is 4. The molecule has 0 saturated carbocycles. The third-order valence-electron chi connectivity index (χ3n) is 3.52. The number of alkyl halides is 3. The quantitative estimate of drug-likeness (QED) is 0.631. The molecule has 5 nitrogen and oxygen atoms in total. The number of ether oxygens (including phenoxy) is 1. The van der Waals surface area contributed by atoms with Crippen molar-refractivity contribution in [1.29, 1.82) is 0 Å². The Hall–Kier alpha value is -1.93. The van der Waals surface area contributed by atoms with Crippen molar-refractivity contribution >= 4 is 17.3 Å². The molecular weight excluding hydrogens is 371 g/mol. The number of nitrogens with zero attached hydrogens (tertiary/aromatic N) is 2. The number of aliphatic hydroxyl groups is 1. The second kappa shape index (κ2) is 8.64. The summed E-state index contributed by atoms with van der Waals surface area (Å²) >= 11 is 5.71. The summed E-state index contributed by atoms with van der Waals surface area (Å²) in [5, 5.41) is 17.0. The second-order valence-electron chi connectivity index (χ2n) is 5.74. The molecule has 0 aliphatic carbocycles. The van der Waals surface area contributed by atoms with Crippen molar-refractivity contribution in [3.63, 3.8) is 0 Å². The van der Waals surface area contributed by atoms with Crippen LogP contribution in [-0.4, -0.2) is 21.5 Å². The number of halogens is 4. The van der Waals surface area contributed by atoms with Crippen LogP contribution >= 0.6 is 11.6 Å². The van der Waals surface area contributed by atoms with Crippen molar-refractivity contribution in [2.45, 2.75) is 45.6 Å². The Morgan fingerprint density at radius 1 is 1.31 bits per heavy atom. The van der Waals surface area contributed by atoms with Crippen molar-refractivity contribution in [2.75, 3.05) is 11.9 Å². The molecule has 2 rings (SSSR count). The zero-order chi connectivity index (χ0) is 19.3. The topological polar surface area (TPSA) is 59.3 Å². The lowest BCUT2D eigenvalue weighted by Gasteiger charge is -2.16. The number of aliphatic hydroxyl groups excluding tert-OH is 1. The van der Waals surface area contributed by atoms with Crippen molar-refractivity contribution in [3.05, 3.63) is 40.5 Å². The fourth-order valence-electron chi connectivity index (χ4n) is 2.33. The standard InChI is InChI=1S/C17H21ClF3N3O2/c1-3-7-24-10-12(16(23-24)26-8-4-2)15(25)22-11-5-6-13(14(18)9-11)17(19,20)21/h5-6,9-10,15,22,25H,3-4,7-8H2,1-2H3. The minimum atomic E-state index is -4.53. The van der Waals surface area contributed by atoms with E-state index in [0.29, 0.717) is 24.6 Å². The van der Waals surface area contributed by atoms with E-state index in [1.165, 1.54) is 6.07 Å². The van der Waals surface area contributed by atoms with Gasteiger partial charge < -0.3 is 15.2 Å². The first-order valence-electron chi connectivity index (χ1n) is 8.27. The maximum absolute atomic E-state index is 12.8. The molecule has 1 heterocycles. The highest BCUT2D eigenvalue weighted by Crippen LogP contribution is 2.36. The molecule has 0 spiro atoms. The molecule has 0 aliphatic heterocycles. The Bertz CT molecular complexity index is 735. The Kier molecular flexibility index (Phi) is 6.77. The first kappa shape index (κ1) is 20.4. The zero-order valence-corrected chi connectivity index (χ0v) is 15.2. The van der Waals surface area contributed by atoms with Gasteiger partial charge in [-0.1, -0.05) is 25.4 Å². The molecular formula is C17H21ClF3N3O2. The number of nitrogens with one attached hydrogen (secondary N) is 1. The Morgan fingerprint density at radius 2 is 2.04 bits per heavy atom. The fraction of sp³-hybridized carbons (Fsp3) is 0.471. The number of hydrogen-bond donors (Lipinski definition) is 2. The molecule has 1 aromatic carbocycles. The van der Waals surface area contributed by atoms with Gasteiger partial charge in [0.25, 0.3) is 0 Å². The number of aryl methyl sites for hydroxylation is 1. The smallest absolute Gasteiger partial charge is 0.417 e. The largest absolute Gasteiger partial charge is 0.476 e. The van der Waals surface area contributed by atoms with E-state index in [1.54, 1.807) is 10.9 Å². The number of aromatic nitrogens is 2. The Morgan fingerprint density at radius 3 is 2.62 bits per heavy atom. The molecule has 0 radical (unpaired) electrons. The Balaban J connectivity index is 2.21. The van der Waals surface area contributed by atoms with Crippen LogP contribution < -0.4 is 10.1 Å². The van der Waals surface area contributed by atoms with Crippen LogP contribution in [0, 0.1) is 0 Å². The second-order valence-corrected chi connectivity index (χ2v) is 6.15. The van der Waals surface area contributed by atoms with Crippen molar-refractivity contribution in [1.82, 2.24) is 9.78 Å². The number of benzene rings is 1. The van der Waals surface area contributed by atoms with E-state index in [1.807, 2.05) is 13.8 Å². The van der Waals surface area contributed by atoms with Crippen LogP contribution in [-0.2, 0) is 12.7 Å². The highest BCUT2D eigenvalue weighted by Gasteiger charge is 2.33. The average Bonchev–Trinajstić information content (AvgIpc) is 2.95. The monoisotopic (exact) mass is 391 g/mol. The third kappa shape index (κ3) is 5.04. The van der Waals surface area contributed by atoms with Crippen LogP contribution in [0.15, 0.2) is 24.4 Å². The summed E-state index contributed by atoms with van der Waals surface area (Å²) in [6.07, 6.45) is -2.46. The Labute approximate surface area is 154 Å². The summed E-state index contributed by atoms with van der Waals surface area (Å²) in [6.45, 7) is 5.03. The number of rotatable bonds is 8. The fourth-order valence-corrected chi connectivity index (χ4v) is 2.62. The van der Waals surface area contributed by atoms with Crippen LogP contribution in [0.4, 0.5) is 18.9 Å². The summed E-state index contributed by atoms with van der Waals surface area (Å²) in [5.41, 5.74) is -0.273. The zero-order valence-electron chi connectivity index (χ0n) is 14.5. The van der Waals surface area contributed by atoms with E-state index >= 15 is 0 Å². The maximum atomic E-state index is 12.8. The summed E-state index contributed by atoms with van der Waals surface area (Å²) in [7, 11) is 0. The van der Waals surface area contributed by atoms with Gasteiger partial charge in [0.2, 0.25) is 5.88 Å². The van der Waals surface area contributed by atoms with Crippen LogP contribution in [0.25, 0.3) is 0 Å². The highest BCUT2D eigenvalue weighted by molar-refractivity contribution is 6.31. The molecule has 0 amide bonds. The molecule has 0 fully saturated rings. The van der Waals surface area contributed by atoms with Gasteiger partial charge in [-0.15, -0.1) is 5.10 Å². The van der Waals surface area contributed by atoms with Gasteiger partial charge in [-0.05, 0) is 31.0 Å². The van der Waals surface area contributed by atoms with E-state index in [4.69, 9.17) is 16.3 Å². The normalized spacial score (nSPS) is 12.9. The molecule has 2 N–H and O–H groups in total. The van der Waals surface area contributed by atoms with Crippen LogP contribution in [0.1, 0.15) is 44.0 Å². The SMILES string of the molecule is CCCOc1nn(CCC)cc1C(O)Nc1ccc(C(F)(F)F)c(Cl)c1. The summed E-state index contributed by atoms with van der Waals surface area (Å²) in [5.74, 6) is 0.290. The summed E-state index contributed by atoms with van der Waals surface area (Å²) in [4.78, 5) is 0. The van der Waals surface area contributed by atoms with E-state index in [9.17, 15) is 18.3 Å². The highest BCUT2D eigenvalue weighted by atomic mass is 35.5. The van der Waals surface area contributed by atoms with E-state index in [2.05, 4.69) is 10.4 Å². The summed E-state index contributed by atoms with van der Waals surface area (Å²) in [6, 6.07) is 3.20. The average molecular weight is 392 g/mol. The van der Waals surface area contributed by atoms with Crippen molar-refractivity contribution < 1.29 is 23.0 Å². The van der Waals surface area contributed by atoms with Gasteiger partial charge in [0, 0.05) is 18.4 Å². The minimum absolute atomic E-state index is 0.250. The van der Waals surface area contributed by atoms with Gasteiger partial charge in [-0.25, -0.2) is 0 Å². The van der Waals surface area contributed by atoms with Crippen molar-refractivity contribution in [2.24, 2.45) is 0 Å². The number of anilines is 1. The first-order valence-corrected chi connectivity index (χ1v) is 8.65. The lowest BCUT2D eigenvalue weighted by molar-refractivity contribution is -0.137. The van der Waals surface area contributed by atoms with Gasteiger partial charge >= 0.3 is 6.18 Å². The van der Waals surface area contributed by atoms with Gasteiger partial charge in [-0.2, -0.15) is 13.2 Å². The molecule has 2 aromatic rings. The first-order chi connectivity index (χ1) is 12.3. The molecule has 0 aliphatic rings. The molecule has 0 saturated heterocycles. The van der Waals surface area contributed by atoms with Crippen LogP contribution in [0.5, 0.6) is 5.88 Å². The van der Waals surface area contributed by atoms with E-state index in [0.717, 1.165) is 25.0 Å². The molecule has 1 unspecified atom stereocenters.